The number of nitrogens with zero attached hydrogens (tertiary/aromatic N) is 2. The fraction of sp³-hybridized carbons (Fsp3) is 0.510. The van der Waals surface area contributed by atoms with Crippen LogP contribution in [0.2, 0.25) is 0 Å². The zero-order chi connectivity index (χ0) is 56.2. The minimum Gasteiger partial charge on any atom is -0.480 e. The number of nitrogens with one attached hydrogen (secondary N) is 7. The number of aliphatic carboxylic acids is 2. The first-order valence-corrected chi connectivity index (χ1v) is 24.3. The van der Waals surface area contributed by atoms with Gasteiger partial charge in [-0.15, -0.1) is 0 Å². The Morgan fingerprint density at radius 2 is 1.33 bits per heavy atom. The number of benzene rings is 1. The highest BCUT2D eigenvalue weighted by Gasteiger charge is 2.33. The van der Waals surface area contributed by atoms with E-state index in [9.17, 15) is 58.2 Å². The number of carbonyl (C=O) groups is 10. The molecule has 1 fully saturated rings. The number of unbranched alkanes of at least 4 members (excludes halogenated alkanes) is 1. The number of carboxylic acids is 2. The maximum atomic E-state index is 14.4. The van der Waals surface area contributed by atoms with Crippen molar-refractivity contribution in [3.8, 4) is 0 Å². The van der Waals surface area contributed by atoms with E-state index in [4.69, 9.17) is 27.7 Å². The molecule has 17 N–H and O–H groups in total. The molecule has 75 heavy (non-hydrogen) atoms. The number of carbonyl (C=O) groups excluding carboxylic acids is 8. The van der Waals surface area contributed by atoms with Gasteiger partial charge in [0.25, 0.3) is 5.91 Å². The maximum Gasteiger partial charge on any atom is 0.326 e. The molecule has 0 aliphatic carbocycles. The number of amides is 7. The average Bonchev–Trinajstić information content (AvgIpc) is 3.34. The molecule has 1 aliphatic rings. The molecule has 26 nitrogen and oxygen atoms in total. The number of carboxylic acid groups (broad SMARTS) is 2. The van der Waals surface area contributed by atoms with E-state index < -0.39 is 127 Å². The summed E-state index contributed by atoms with van der Waals surface area (Å²) in [4.78, 5) is 140. The van der Waals surface area contributed by atoms with Crippen LogP contribution in [0.5, 0.6) is 0 Å². The van der Waals surface area contributed by atoms with E-state index in [0.717, 1.165) is 5.56 Å². The van der Waals surface area contributed by atoms with Crippen molar-refractivity contribution in [2.75, 3.05) is 19.6 Å². The van der Waals surface area contributed by atoms with Gasteiger partial charge < -0.3 is 75.1 Å². The van der Waals surface area contributed by atoms with Crippen molar-refractivity contribution >= 4 is 71.2 Å². The summed E-state index contributed by atoms with van der Waals surface area (Å²) in [5.41, 5.74) is 22.9. The molecule has 0 bridgehead atoms. The van der Waals surface area contributed by atoms with Gasteiger partial charge in [-0.2, -0.15) is 0 Å². The first-order chi connectivity index (χ1) is 35.4. The van der Waals surface area contributed by atoms with Gasteiger partial charge in [0.15, 0.2) is 11.9 Å². The van der Waals surface area contributed by atoms with Crippen LogP contribution in [0.1, 0.15) is 91.5 Å². The third-order valence-electron chi connectivity index (χ3n) is 11.5. The van der Waals surface area contributed by atoms with Gasteiger partial charge >= 0.3 is 17.9 Å². The number of esters is 1. The summed E-state index contributed by atoms with van der Waals surface area (Å²) in [6, 6.07) is 1.69. The topological polar surface area (TPSA) is 433 Å². The number of allylic oxidation sites excluding steroid dienone is 3. The lowest BCUT2D eigenvalue weighted by atomic mass is 9.94. The standard InChI is InChI=1S/C49H73N13O13/c1-6-32-43(68)56-26-41(66)59-35(16-12-22-55-49(52)53)45(70)62-37(47(73)74)25-40(65)58-34(15-10-11-21-54-48(50)51)44(69)60-33(29(4)42(67)61-36(46(71)72)19-20-39(64)57-32)18-17-27(2)23-28(3)38(75-30(5)63)24-31-13-8-7-9-14-31/h6-9,13-14,17-18,23,28-29,33-38H,10-12,15-16,19-22,24-26H2,1-5H3,(H,56,68)(H,57,64)(H,58,65)(H,59,66)(H,60,69)(H,61,67)(H,62,70)(H,71,72)(H,73,74)(H4,50,51,54)(H4,52,53,55)/b18-17+,27-23+,32-6?/t28-,29-,33-,34-,35-,36+,37+,38-/m0/s1. The summed E-state index contributed by atoms with van der Waals surface area (Å²) in [6.45, 7) is 7.06. The van der Waals surface area contributed by atoms with Gasteiger partial charge in [-0.25, -0.2) is 9.59 Å². The zero-order valence-electron chi connectivity index (χ0n) is 42.9. The minimum absolute atomic E-state index is 0.00111. The van der Waals surface area contributed by atoms with Crippen LogP contribution < -0.4 is 60.2 Å². The Morgan fingerprint density at radius 3 is 1.92 bits per heavy atom. The largest absolute Gasteiger partial charge is 0.480 e. The summed E-state index contributed by atoms with van der Waals surface area (Å²) in [7, 11) is 0. The van der Waals surface area contributed by atoms with Crippen molar-refractivity contribution in [2.45, 2.75) is 129 Å². The molecule has 0 aromatic heterocycles. The third-order valence-corrected chi connectivity index (χ3v) is 11.5. The van der Waals surface area contributed by atoms with Crippen molar-refractivity contribution in [1.82, 2.24) is 37.2 Å². The lowest BCUT2D eigenvalue weighted by Gasteiger charge is -2.27. The third kappa shape index (κ3) is 24.8. The van der Waals surface area contributed by atoms with E-state index in [-0.39, 0.29) is 62.3 Å². The molecule has 1 aromatic rings. The van der Waals surface area contributed by atoms with E-state index in [0.29, 0.717) is 18.4 Å². The minimum atomic E-state index is -1.91. The second-order valence-corrected chi connectivity index (χ2v) is 17.8. The van der Waals surface area contributed by atoms with Gasteiger partial charge in [0.05, 0.1) is 24.9 Å². The lowest BCUT2D eigenvalue weighted by Crippen LogP contribution is -2.55. The van der Waals surface area contributed by atoms with Crippen molar-refractivity contribution in [1.29, 1.82) is 0 Å². The first kappa shape index (κ1) is 62.8. The molecule has 2 rings (SSSR count). The highest BCUT2D eigenvalue weighted by molar-refractivity contribution is 6.00. The smallest absolute Gasteiger partial charge is 0.326 e. The Bertz CT molecular complexity index is 2330. The maximum absolute atomic E-state index is 14.4. The Kier molecular flexibility index (Phi) is 27.4. The van der Waals surface area contributed by atoms with Gasteiger partial charge in [0.1, 0.15) is 36.0 Å². The second-order valence-electron chi connectivity index (χ2n) is 17.8. The van der Waals surface area contributed by atoms with Crippen LogP contribution in [0.4, 0.5) is 0 Å². The molecular weight excluding hydrogens is 979 g/mol. The average molecular weight is 1050 g/mol. The van der Waals surface area contributed by atoms with Crippen molar-refractivity contribution < 1.29 is 62.9 Å². The Morgan fingerprint density at radius 1 is 0.760 bits per heavy atom. The van der Waals surface area contributed by atoms with Crippen LogP contribution in [-0.2, 0) is 59.1 Å². The van der Waals surface area contributed by atoms with Crippen molar-refractivity contribution in [3.05, 3.63) is 71.5 Å². The van der Waals surface area contributed by atoms with Crippen molar-refractivity contribution in [2.24, 2.45) is 44.8 Å². The Balaban J connectivity index is 2.70. The number of ether oxygens (including phenoxy) is 1. The number of rotatable bonds is 18. The van der Waals surface area contributed by atoms with E-state index in [1.807, 2.05) is 43.3 Å². The van der Waals surface area contributed by atoms with Gasteiger partial charge in [0.2, 0.25) is 35.4 Å². The number of aliphatic imine (C=N–C) groups is 2. The Hall–Kier alpha value is -8.32. The molecule has 1 aromatic carbocycles. The van der Waals surface area contributed by atoms with E-state index in [2.05, 4.69) is 47.2 Å². The van der Waals surface area contributed by atoms with E-state index >= 15 is 0 Å². The summed E-state index contributed by atoms with van der Waals surface area (Å²) in [5, 5.41) is 37.3. The fourth-order valence-corrected chi connectivity index (χ4v) is 7.43. The molecule has 0 spiro atoms. The van der Waals surface area contributed by atoms with Crippen LogP contribution in [-0.4, -0.2) is 137 Å². The van der Waals surface area contributed by atoms with Crippen molar-refractivity contribution in [3.63, 3.8) is 0 Å². The molecule has 26 heteroatoms. The number of guanidine groups is 2. The molecule has 1 saturated heterocycles. The highest BCUT2D eigenvalue weighted by Crippen LogP contribution is 2.19. The zero-order valence-corrected chi connectivity index (χ0v) is 42.9. The number of hydrogen-bond acceptors (Lipinski definition) is 13. The summed E-state index contributed by atoms with van der Waals surface area (Å²) < 4.78 is 5.67. The lowest BCUT2D eigenvalue weighted by molar-refractivity contribution is -0.148. The van der Waals surface area contributed by atoms with Crippen LogP contribution in [0.15, 0.2) is 75.9 Å². The summed E-state index contributed by atoms with van der Waals surface area (Å²) >= 11 is 0. The van der Waals surface area contributed by atoms with Gasteiger partial charge in [-0.05, 0) is 57.9 Å². The monoisotopic (exact) mass is 1050 g/mol. The predicted molar refractivity (Wildman–Crippen MR) is 275 cm³/mol. The predicted octanol–water partition coefficient (Wildman–Crippen LogP) is -1.65. The SMILES string of the molecule is CC=C1NC(=O)CC[C@H](C(=O)O)NC(=O)[C@@H](C)[C@H](/C=C/C(C)=C/[C@H](C)[C@H](Cc2ccccc2)OC(C)=O)NC(=O)[C@H](CCCCN=C(N)N)NC(=O)C[C@H](C(=O)O)NC(=O)[C@H](CCCN=C(N)N)NC(=O)CNC1=O. The van der Waals surface area contributed by atoms with Crippen LogP contribution in [0.3, 0.4) is 0 Å². The first-order valence-electron chi connectivity index (χ1n) is 24.3. The van der Waals surface area contributed by atoms with Gasteiger partial charge in [-0.1, -0.05) is 74.1 Å². The number of hydrogen-bond donors (Lipinski definition) is 13. The summed E-state index contributed by atoms with van der Waals surface area (Å²) in [5.74, 6) is -12.2. The molecule has 0 unspecified atom stereocenters. The second kappa shape index (κ2) is 32.7. The van der Waals surface area contributed by atoms with Gasteiger partial charge in [0, 0.05) is 38.8 Å². The molecule has 1 aliphatic heterocycles. The molecular formula is C49H73N13O13. The number of nitrogens with two attached hydrogens (primary N) is 4. The van der Waals surface area contributed by atoms with Crippen LogP contribution in [0.25, 0.3) is 0 Å². The Labute approximate surface area is 434 Å². The van der Waals surface area contributed by atoms with Gasteiger partial charge in [-0.3, -0.25) is 48.3 Å². The molecule has 1 heterocycles. The molecule has 412 valence electrons. The molecule has 0 radical (unpaired) electrons. The quantitative estimate of drug-likeness (QED) is 0.0196. The molecule has 0 saturated carbocycles. The van der Waals surface area contributed by atoms with E-state index in [1.165, 1.54) is 32.9 Å². The van der Waals surface area contributed by atoms with Crippen LogP contribution >= 0.6 is 0 Å². The normalized spacial score (nSPS) is 22.7. The van der Waals surface area contributed by atoms with E-state index in [1.54, 1.807) is 13.0 Å². The van der Waals surface area contributed by atoms with Crippen LogP contribution in [0, 0.1) is 11.8 Å². The molecule has 8 atom stereocenters. The molecule has 7 amide bonds. The fourth-order valence-electron chi connectivity index (χ4n) is 7.43. The highest BCUT2D eigenvalue weighted by atomic mass is 16.5. The summed E-state index contributed by atoms with van der Waals surface area (Å²) in [6.07, 6.45) is 4.40.